The summed E-state index contributed by atoms with van der Waals surface area (Å²) < 4.78 is 12.5. The Morgan fingerprint density at radius 1 is 1.18 bits per heavy atom. The van der Waals surface area contributed by atoms with E-state index >= 15 is 0 Å². The third kappa shape index (κ3) is 6.29. The first-order valence-electron chi connectivity index (χ1n) is 11.3. The normalized spacial score (nSPS) is 14.6. The molecule has 0 unspecified atom stereocenters. The molecule has 1 fully saturated rings. The van der Waals surface area contributed by atoms with Gasteiger partial charge in [-0.1, -0.05) is 23.9 Å². The Kier molecular flexibility index (Phi) is 8.66. The molecule has 0 spiro atoms. The largest absolute Gasteiger partial charge is 0.465 e. The Hall–Kier alpha value is -2.07. The fourth-order valence-corrected chi connectivity index (χ4v) is 5.85. The van der Waals surface area contributed by atoms with E-state index in [4.69, 9.17) is 14.5 Å². The third-order valence-corrected chi connectivity index (χ3v) is 7.71. The molecule has 0 saturated carbocycles. The number of rotatable bonds is 10. The molecule has 3 aromatic rings. The van der Waals surface area contributed by atoms with Crippen LogP contribution < -0.4 is 0 Å². The van der Waals surface area contributed by atoms with E-state index in [0.717, 1.165) is 60.5 Å². The summed E-state index contributed by atoms with van der Waals surface area (Å²) in [6.45, 7) is 9.25. The Labute approximate surface area is 203 Å². The van der Waals surface area contributed by atoms with Crippen LogP contribution in [0.2, 0.25) is 0 Å². The van der Waals surface area contributed by atoms with Crippen molar-refractivity contribution in [2.45, 2.75) is 36.2 Å². The number of morpholine rings is 1. The van der Waals surface area contributed by atoms with Gasteiger partial charge < -0.3 is 14.0 Å². The van der Waals surface area contributed by atoms with E-state index in [-0.39, 0.29) is 12.5 Å². The number of carbonyl (C=O) groups excluding carboxylic acids is 1. The van der Waals surface area contributed by atoms with Crippen molar-refractivity contribution in [3.8, 4) is 0 Å². The maximum Gasteiger partial charge on any atom is 0.326 e. The predicted molar refractivity (Wildman–Crippen MR) is 133 cm³/mol. The molecule has 0 amide bonds. The van der Waals surface area contributed by atoms with Gasteiger partial charge in [-0.3, -0.25) is 14.7 Å². The standard InChI is InChI=1S/C24H30N4O3S2/c1-3-31-23(29)16-28-21-7-5-4-6-19(21)26-24(28)33-17-20-18(2)22(8-9-25-20)32-15-12-27-10-13-30-14-11-27/h4-9H,3,10-17H2,1-2H3. The number of hydrogen-bond donors (Lipinski definition) is 0. The van der Waals surface area contributed by atoms with E-state index in [0.29, 0.717) is 12.4 Å². The third-order valence-electron chi connectivity index (χ3n) is 5.58. The fourth-order valence-electron chi connectivity index (χ4n) is 3.76. The molecule has 1 aromatic carbocycles. The van der Waals surface area contributed by atoms with Crippen LogP contribution in [0, 0.1) is 6.92 Å². The lowest BCUT2D eigenvalue weighted by Gasteiger charge is -2.26. The molecule has 33 heavy (non-hydrogen) atoms. The number of para-hydroxylation sites is 2. The summed E-state index contributed by atoms with van der Waals surface area (Å²) in [7, 11) is 0. The van der Waals surface area contributed by atoms with Crippen molar-refractivity contribution in [2.75, 3.05) is 45.2 Å². The van der Waals surface area contributed by atoms with Crippen LogP contribution in [0.15, 0.2) is 46.6 Å². The van der Waals surface area contributed by atoms with Crippen LogP contribution in [0.1, 0.15) is 18.2 Å². The second-order valence-electron chi connectivity index (χ2n) is 7.75. The highest BCUT2D eigenvalue weighted by Gasteiger charge is 2.16. The summed E-state index contributed by atoms with van der Waals surface area (Å²) >= 11 is 3.49. The quantitative estimate of drug-likeness (QED) is 0.314. The molecule has 0 radical (unpaired) electrons. The maximum atomic E-state index is 12.2. The van der Waals surface area contributed by atoms with Gasteiger partial charge in [0.15, 0.2) is 5.16 Å². The number of ether oxygens (including phenoxy) is 2. The molecular weight excluding hydrogens is 456 g/mol. The van der Waals surface area contributed by atoms with Gasteiger partial charge in [-0.25, -0.2) is 4.98 Å². The van der Waals surface area contributed by atoms with Gasteiger partial charge >= 0.3 is 5.97 Å². The molecule has 7 nitrogen and oxygen atoms in total. The van der Waals surface area contributed by atoms with Gasteiger partial charge in [-0.05, 0) is 37.6 Å². The van der Waals surface area contributed by atoms with Crippen LogP contribution in [0.5, 0.6) is 0 Å². The average molecular weight is 487 g/mol. The monoisotopic (exact) mass is 486 g/mol. The summed E-state index contributed by atoms with van der Waals surface area (Å²) in [5, 5.41) is 0.802. The first kappa shape index (κ1) is 24.1. The van der Waals surface area contributed by atoms with Crippen LogP contribution in [0.25, 0.3) is 11.0 Å². The van der Waals surface area contributed by atoms with E-state index in [1.165, 1.54) is 10.5 Å². The van der Waals surface area contributed by atoms with Crippen LogP contribution in [0.3, 0.4) is 0 Å². The Morgan fingerprint density at radius 2 is 2.00 bits per heavy atom. The molecule has 1 aliphatic heterocycles. The lowest BCUT2D eigenvalue weighted by Crippen LogP contribution is -2.37. The summed E-state index contributed by atoms with van der Waals surface area (Å²) in [4.78, 5) is 25.3. The average Bonchev–Trinajstić information content (AvgIpc) is 3.17. The highest BCUT2D eigenvalue weighted by Crippen LogP contribution is 2.30. The summed E-state index contributed by atoms with van der Waals surface area (Å²) in [5.41, 5.74) is 4.07. The number of imidazole rings is 1. The van der Waals surface area contributed by atoms with E-state index < -0.39 is 0 Å². The molecule has 4 rings (SSSR count). The van der Waals surface area contributed by atoms with Crippen LogP contribution in [-0.2, 0) is 26.6 Å². The van der Waals surface area contributed by atoms with Gasteiger partial charge in [0, 0.05) is 42.2 Å². The first-order chi connectivity index (χ1) is 16.2. The number of pyridine rings is 1. The van der Waals surface area contributed by atoms with Crippen molar-refractivity contribution in [1.82, 2.24) is 19.4 Å². The molecule has 1 aliphatic rings. The minimum Gasteiger partial charge on any atom is -0.465 e. The molecule has 3 heterocycles. The van der Waals surface area contributed by atoms with Crippen molar-refractivity contribution in [3.63, 3.8) is 0 Å². The second-order valence-corrected chi connectivity index (χ2v) is 9.83. The second kappa shape index (κ2) is 11.9. The van der Waals surface area contributed by atoms with Crippen LogP contribution in [-0.4, -0.2) is 70.6 Å². The number of aromatic nitrogens is 3. The Balaban J connectivity index is 1.43. The molecule has 0 bridgehead atoms. The summed E-state index contributed by atoms with van der Waals surface area (Å²) in [6, 6.07) is 9.98. The zero-order chi connectivity index (χ0) is 23.0. The molecule has 0 N–H and O–H groups in total. The smallest absolute Gasteiger partial charge is 0.326 e. The molecule has 176 valence electrons. The molecule has 0 aliphatic carbocycles. The van der Waals surface area contributed by atoms with Gasteiger partial charge in [0.1, 0.15) is 6.54 Å². The van der Waals surface area contributed by atoms with Crippen molar-refractivity contribution in [2.24, 2.45) is 0 Å². The van der Waals surface area contributed by atoms with Gasteiger partial charge in [-0.2, -0.15) is 0 Å². The number of fused-ring (bicyclic) bond motifs is 1. The molecule has 2 aromatic heterocycles. The number of benzene rings is 1. The Morgan fingerprint density at radius 3 is 2.82 bits per heavy atom. The SMILES string of the molecule is CCOC(=O)Cn1c(SCc2nccc(SCCN3CCOCC3)c2C)nc2ccccc21. The van der Waals surface area contributed by atoms with Crippen molar-refractivity contribution in [3.05, 3.63) is 47.8 Å². The summed E-state index contributed by atoms with van der Waals surface area (Å²) in [5.74, 6) is 1.48. The predicted octanol–water partition coefficient (Wildman–Crippen LogP) is 4.02. The fraction of sp³-hybridized carbons (Fsp3) is 0.458. The van der Waals surface area contributed by atoms with Gasteiger partial charge in [0.05, 0.1) is 36.5 Å². The zero-order valence-corrected chi connectivity index (χ0v) is 20.8. The number of carbonyl (C=O) groups is 1. The van der Waals surface area contributed by atoms with Crippen LogP contribution >= 0.6 is 23.5 Å². The van der Waals surface area contributed by atoms with E-state index in [1.807, 2.05) is 53.7 Å². The lowest BCUT2D eigenvalue weighted by atomic mass is 10.2. The first-order valence-corrected chi connectivity index (χ1v) is 13.2. The maximum absolute atomic E-state index is 12.2. The number of nitrogens with zero attached hydrogens (tertiary/aromatic N) is 4. The molecule has 1 saturated heterocycles. The molecular formula is C24H30N4O3S2. The minimum atomic E-state index is -0.254. The number of esters is 1. The topological polar surface area (TPSA) is 69.5 Å². The van der Waals surface area contributed by atoms with Crippen molar-refractivity contribution >= 4 is 40.5 Å². The van der Waals surface area contributed by atoms with Gasteiger partial charge in [-0.15, -0.1) is 11.8 Å². The van der Waals surface area contributed by atoms with Gasteiger partial charge in [0.25, 0.3) is 0 Å². The van der Waals surface area contributed by atoms with E-state index in [9.17, 15) is 4.79 Å². The highest BCUT2D eigenvalue weighted by molar-refractivity contribution is 7.99. The lowest BCUT2D eigenvalue weighted by molar-refractivity contribution is -0.143. The minimum absolute atomic E-state index is 0.153. The summed E-state index contributed by atoms with van der Waals surface area (Å²) in [6.07, 6.45) is 1.89. The van der Waals surface area contributed by atoms with Crippen molar-refractivity contribution in [1.29, 1.82) is 0 Å². The highest BCUT2D eigenvalue weighted by atomic mass is 32.2. The number of thioether (sulfide) groups is 2. The number of hydrogen-bond acceptors (Lipinski definition) is 8. The molecule has 0 atom stereocenters. The Bertz CT molecular complexity index is 1080. The zero-order valence-electron chi connectivity index (χ0n) is 19.2. The van der Waals surface area contributed by atoms with Gasteiger partial charge in [0.2, 0.25) is 0 Å². The molecule has 9 heteroatoms. The van der Waals surface area contributed by atoms with Crippen LogP contribution in [0.4, 0.5) is 0 Å². The van der Waals surface area contributed by atoms with E-state index in [1.54, 1.807) is 11.8 Å². The van der Waals surface area contributed by atoms with Crippen molar-refractivity contribution < 1.29 is 14.3 Å². The van der Waals surface area contributed by atoms with E-state index in [2.05, 4.69) is 22.9 Å².